The maximum atomic E-state index is 11.9. The zero-order valence-corrected chi connectivity index (χ0v) is 11.6. The van der Waals surface area contributed by atoms with E-state index in [0.29, 0.717) is 16.3 Å². The van der Waals surface area contributed by atoms with Crippen molar-refractivity contribution in [1.29, 1.82) is 0 Å². The van der Waals surface area contributed by atoms with Gasteiger partial charge in [-0.2, -0.15) is 0 Å². The van der Waals surface area contributed by atoms with Crippen LogP contribution in [0.2, 0.25) is 10.3 Å². The van der Waals surface area contributed by atoms with Crippen molar-refractivity contribution in [3.8, 4) is 11.3 Å². The number of ether oxygens (including phenoxy) is 1. The van der Waals surface area contributed by atoms with Crippen molar-refractivity contribution in [1.82, 2.24) is 9.97 Å². The van der Waals surface area contributed by atoms with Crippen LogP contribution in [0.15, 0.2) is 30.5 Å². The van der Waals surface area contributed by atoms with E-state index in [4.69, 9.17) is 27.9 Å². The van der Waals surface area contributed by atoms with Crippen molar-refractivity contribution >= 4 is 29.2 Å². The van der Waals surface area contributed by atoms with Gasteiger partial charge in [-0.3, -0.25) is 0 Å². The van der Waals surface area contributed by atoms with Crippen LogP contribution in [0, 0.1) is 0 Å². The van der Waals surface area contributed by atoms with Gasteiger partial charge in [-0.25, -0.2) is 14.8 Å². The van der Waals surface area contributed by atoms with Crippen LogP contribution in [-0.2, 0) is 4.74 Å². The Kier molecular flexibility index (Phi) is 4.35. The number of hydrogen-bond donors (Lipinski definition) is 0. The molecule has 0 radical (unpaired) electrons. The number of aromatic nitrogens is 2. The third-order valence-electron chi connectivity index (χ3n) is 2.38. The average molecular weight is 297 g/mol. The van der Waals surface area contributed by atoms with E-state index in [1.165, 1.54) is 6.20 Å². The van der Waals surface area contributed by atoms with Crippen LogP contribution in [0.3, 0.4) is 0 Å². The molecule has 0 unspecified atom stereocenters. The lowest BCUT2D eigenvalue weighted by molar-refractivity contribution is 0.0526. The monoisotopic (exact) mass is 296 g/mol. The minimum Gasteiger partial charge on any atom is -0.462 e. The molecule has 98 valence electrons. The fourth-order valence-corrected chi connectivity index (χ4v) is 1.94. The molecule has 0 aliphatic carbocycles. The summed E-state index contributed by atoms with van der Waals surface area (Å²) in [5.41, 5.74) is 1.21. The largest absolute Gasteiger partial charge is 0.462 e. The van der Waals surface area contributed by atoms with E-state index < -0.39 is 5.97 Å². The number of benzene rings is 1. The van der Waals surface area contributed by atoms with E-state index >= 15 is 0 Å². The highest BCUT2D eigenvalue weighted by Crippen LogP contribution is 2.29. The van der Waals surface area contributed by atoms with Gasteiger partial charge in [0.1, 0.15) is 5.56 Å². The lowest BCUT2D eigenvalue weighted by Crippen LogP contribution is -2.08. The van der Waals surface area contributed by atoms with E-state index in [1.54, 1.807) is 31.2 Å². The van der Waals surface area contributed by atoms with Gasteiger partial charge in [-0.15, -0.1) is 0 Å². The molecule has 0 bridgehead atoms. The molecule has 0 saturated carbocycles. The Morgan fingerprint density at radius 2 is 2.05 bits per heavy atom. The summed E-state index contributed by atoms with van der Waals surface area (Å²) in [6, 6.07) is 7.05. The predicted molar refractivity (Wildman–Crippen MR) is 73.4 cm³/mol. The second kappa shape index (κ2) is 5.99. The van der Waals surface area contributed by atoms with E-state index in [2.05, 4.69) is 9.97 Å². The number of carbonyl (C=O) groups excluding carboxylic acids is 1. The van der Waals surface area contributed by atoms with E-state index in [-0.39, 0.29) is 17.5 Å². The summed E-state index contributed by atoms with van der Waals surface area (Å²) in [6.45, 7) is 1.99. The molecule has 4 nitrogen and oxygen atoms in total. The van der Waals surface area contributed by atoms with E-state index in [0.717, 1.165) is 0 Å². The van der Waals surface area contributed by atoms with Gasteiger partial charge in [0.15, 0.2) is 0 Å². The zero-order chi connectivity index (χ0) is 13.8. The molecule has 0 amide bonds. The van der Waals surface area contributed by atoms with Gasteiger partial charge >= 0.3 is 5.97 Å². The zero-order valence-electron chi connectivity index (χ0n) is 10.1. The molecule has 0 aliphatic heterocycles. The van der Waals surface area contributed by atoms with Gasteiger partial charge in [-0.05, 0) is 24.6 Å². The van der Waals surface area contributed by atoms with Gasteiger partial charge in [0, 0.05) is 16.8 Å². The minimum atomic E-state index is -0.505. The van der Waals surface area contributed by atoms with Crippen LogP contribution in [0.25, 0.3) is 11.3 Å². The molecule has 0 saturated heterocycles. The van der Waals surface area contributed by atoms with E-state index in [9.17, 15) is 4.79 Å². The first kappa shape index (κ1) is 13.8. The molecule has 0 aliphatic rings. The maximum absolute atomic E-state index is 11.9. The van der Waals surface area contributed by atoms with Gasteiger partial charge in [0.25, 0.3) is 0 Å². The van der Waals surface area contributed by atoms with Crippen molar-refractivity contribution in [2.24, 2.45) is 0 Å². The SMILES string of the molecule is CCOC(=O)c1cnc(Cl)nc1-c1ccccc1Cl. The molecule has 1 aromatic heterocycles. The highest BCUT2D eigenvalue weighted by molar-refractivity contribution is 6.33. The molecule has 0 N–H and O–H groups in total. The Morgan fingerprint density at radius 1 is 1.32 bits per heavy atom. The lowest BCUT2D eigenvalue weighted by atomic mass is 10.1. The first-order valence-electron chi connectivity index (χ1n) is 5.58. The summed E-state index contributed by atoms with van der Waals surface area (Å²) >= 11 is 11.9. The maximum Gasteiger partial charge on any atom is 0.341 e. The van der Waals surface area contributed by atoms with Gasteiger partial charge in [0.05, 0.1) is 12.3 Å². The van der Waals surface area contributed by atoms with Gasteiger partial charge < -0.3 is 4.74 Å². The van der Waals surface area contributed by atoms with Crippen LogP contribution in [0.1, 0.15) is 17.3 Å². The van der Waals surface area contributed by atoms with Crippen LogP contribution < -0.4 is 0 Å². The van der Waals surface area contributed by atoms with Gasteiger partial charge in [-0.1, -0.05) is 29.8 Å². The fourth-order valence-electron chi connectivity index (χ4n) is 1.58. The number of nitrogens with zero attached hydrogens (tertiary/aromatic N) is 2. The number of halogens is 2. The Labute approximate surface area is 120 Å². The van der Waals surface area contributed by atoms with Crippen molar-refractivity contribution < 1.29 is 9.53 Å². The Bertz CT molecular complexity index is 617. The molecule has 0 atom stereocenters. The second-order valence-electron chi connectivity index (χ2n) is 3.60. The van der Waals surface area contributed by atoms with Crippen molar-refractivity contribution in [2.75, 3.05) is 6.61 Å². The van der Waals surface area contributed by atoms with Crippen molar-refractivity contribution in [3.63, 3.8) is 0 Å². The normalized spacial score (nSPS) is 10.3. The molecule has 6 heteroatoms. The highest BCUT2D eigenvalue weighted by Gasteiger charge is 2.18. The third kappa shape index (κ3) is 3.03. The minimum absolute atomic E-state index is 0.0444. The molecule has 0 spiro atoms. The number of hydrogen-bond acceptors (Lipinski definition) is 4. The first-order valence-corrected chi connectivity index (χ1v) is 6.33. The molecular weight excluding hydrogens is 287 g/mol. The Hall–Kier alpha value is -1.65. The smallest absolute Gasteiger partial charge is 0.341 e. The first-order chi connectivity index (χ1) is 9.13. The predicted octanol–water partition coefficient (Wildman–Crippen LogP) is 3.63. The molecule has 0 fully saturated rings. The quantitative estimate of drug-likeness (QED) is 0.641. The summed E-state index contributed by atoms with van der Waals surface area (Å²) in [5.74, 6) is -0.505. The van der Waals surface area contributed by atoms with Gasteiger partial charge in [0.2, 0.25) is 5.28 Å². The second-order valence-corrected chi connectivity index (χ2v) is 4.35. The number of rotatable bonds is 3. The lowest BCUT2D eigenvalue weighted by Gasteiger charge is -2.09. The molecule has 1 aromatic carbocycles. The standard InChI is InChI=1S/C13H10Cl2N2O2/c1-2-19-12(18)9-7-16-13(15)17-11(9)8-5-3-4-6-10(8)14/h3-7H,2H2,1H3. The summed E-state index contributed by atoms with van der Waals surface area (Å²) in [5, 5.41) is 0.519. The van der Waals surface area contributed by atoms with Crippen LogP contribution in [-0.4, -0.2) is 22.5 Å². The van der Waals surface area contributed by atoms with Crippen LogP contribution in [0.5, 0.6) is 0 Å². The van der Waals surface area contributed by atoms with E-state index in [1.807, 2.05) is 0 Å². The molecule has 2 aromatic rings. The highest BCUT2D eigenvalue weighted by atomic mass is 35.5. The molecular formula is C13H10Cl2N2O2. The summed E-state index contributed by atoms with van der Waals surface area (Å²) in [4.78, 5) is 19.8. The van der Waals surface area contributed by atoms with Crippen LogP contribution >= 0.6 is 23.2 Å². The number of carbonyl (C=O) groups is 1. The summed E-state index contributed by atoms with van der Waals surface area (Å²) in [7, 11) is 0. The van der Waals surface area contributed by atoms with Crippen molar-refractivity contribution in [2.45, 2.75) is 6.92 Å². The summed E-state index contributed by atoms with van der Waals surface area (Å²) in [6.07, 6.45) is 1.34. The fraction of sp³-hybridized carbons (Fsp3) is 0.154. The van der Waals surface area contributed by atoms with Crippen molar-refractivity contribution in [3.05, 3.63) is 46.3 Å². The molecule has 1 heterocycles. The topological polar surface area (TPSA) is 52.1 Å². The van der Waals surface area contributed by atoms with Crippen LogP contribution in [0.4, 0.5) is 0 Å². The Morgan fingerprint density at radius 3 is 2.74 bits per heavy atom. The molecule has 2 rings (SSSR count). The number of esters is 1. The molecule has 19 heavy (non-hydrogen) atoms. The third-order valence-corrected chi connectivity index (χ3v) is 2.90. The summed E-state index contributed by atoms with van der Waals surface area (Å²) < 4.78 is 4.96. The Balaban J connectivity index is 2.58. The average Bonchev–Trinajstić information content (AvgIpc) is 2.39.